The molecule has 21 heavy (non-hydrogen) atoms. The van der Waals surface area contributed by atoms with Crippen LogP contribution in [0.4, 0.5) is 0 Å². The third kappa shape index (κ3) is 2.69. The van der Waals surface area contributed by atoms with Crippen LogP contribution in [0.1, 0.15) is 23.7 Å². The first-order valence-electron chi connectivity index (χ1n) is 6.63. The van der Waals surface area contributed by atoms with Crippen LogP contribution in [-0.4, -0.2) is 26.6 Å². The number of ether oxygens (including phenoxy) is 1. The third-order valence-electron chi connectivity index (χ3n) is 3.24. The molecule has 0 aliphatic heterocycles. The lowest BCUT2D eigenvalue weighted by Crippen LogP contribution is -2.07. The van der Waals surface area contributed by atoms with Crippen LogP contribution in [0.15, 0.2) is 36.7 Å². The van der Waals surface area contributed by atoms with Crippen molar-refractivity contribution in [3.8, 4) is 5.88 Å². The van der Waals surface area contributed by atoms with Crippen molar-refractivity contribution in [3.05, 3.63) is 48.0 Å². The van der Waals surface area contributed by atoms with E-state index in [-0.39, 0.29) is 5.38 Å². The molecule has 0 aliphatic rings. The highest BCUT2D eigenvalue weighted by molar-refractivity contribution is 6.20. The van der Waals surface area contributed by atoms with Gasteiger partial charge in [-0.1, -0.05) is 6.07 Å². The Hall–Kier alpha value is -2.14. The number of imidazole rings is 1. The van der Waals surface area contributed by atoms with Crippen LogP contribution in [0, 0.1) is 0 Å². The Morgan fingerprint density at radius 2 is 2.14 bits per heavy atom. The summed E-state index contributed by atoms with van der Waals surface area (Å²) in [5.41, 5.74) is 2.72. The van der Waals surface area contributed by atoms with E-state index in [0.717, 1.165) is 22.6 Å². The minimum Gasteiger partial charge on any atom is -0.481 e. The Bertz CT molecular complexity index is 752. The summed E-state index contributed by atoms with van der Waals surface area (Å²) in [4.78, 5) is 13.2. The average Bonchev–Trinajstić information content (AvgIpc) is 2.87. The first-order chi connectivity index (χ1) is 10.2. The van der Waals surface area contributed by atoms with Crippen molar-refractivity contribution < 1.29 is 4.74 Å². The van der Waals surface area contributed by atoms with E-state index in [1.807, 2.05) is 35.8 Å². The summed E-state index contributed by atoms with van der Waals surface area (Å²) >= 11 is 6.25. The monoisotopic (exact) mass is 302 g/mol. The molecule has 3 heterocycles. The van der Waals surface area contributed by atoms with Crippen LogP contribution < -0.4 is 4.74 Å². The molecule has 6 heteroatoms. The minimum atomic E-state index is -0.189. The van der Waals surface area contributed by atoms with Crippen LogP contribution in [0.5, 0.6) is 5.88 Å². The van der Waals surface area contributed by atoms with E-state index in [1.165, 1.54) is 0 Å². The summed E-state index contributed by atoms with van der Waals surface area (Å²) in [5, 5.41) is -0.189. The normalized spacial score (nSPS) is 12.5. The van der Waals surface area contributed by atoms with Gasteiger partial charge >= 0.3 is 0 Å². The lowest BCUT2D eigenvalue weighted by molar-refractivity contribution is 0.397. The van der Waals surface area contributed by atoms with Crippen molar-refractivity contribution in [2.45, 2.75) is 18.8 Å². The molecule has 0 aromatic carbocycles. The number of pyridine rings is 2. The summed E-state index contributed by atoms with van der Waals surface area (Å²) in [6.45, 7) is 2.53. The SMILES string of the molecule is COc1ccc(Cn2c(C(C)Cl)nc3cccnc32)cn1. The maximum absolute atomic E-state index is 6.25. The smallest absolute Gasteiger partial charge is 0.212 e. The van der Waals surface area contributed by atoms with E-state index >= 15 is 0 Å². The molecule has 5 nitrogen and oxygen atoms in total. The number of hydrogen-bond donors (Lipinski definition) is 0. The van der Waals surface area contributed by atoms with E-state index in [0.29, 0.717) is 12.4 Å². The predicted molar refractivity (Wildman–Crippen MR) is 81.7 cm³/mol. The minimum absolute atomic E-state index is 0.189. The summed E-state index contributed by atoms with van der Waals surface area (Å²) in [6, 6.07) is 7.63. The van der Waals surface area contributed by atoms with Crippen LogP contribution >= 0.6 is 11.6 Å². The van der Waals surface area contributed by atoms with Crippen molar-refractivity contribution in [2.75, 3.05) is 7.11 Å². The zero-order chi connectivity index (χ0) is 14.8. The molecule has 3 rings (SSSR count). The Balaban J connectivity index is 2.03. The van der Waals surface area contributed by atoms with Gasteiger partial charge in [0.1, 0.15) is 11.3 Å². The molecule has 0 radical (unpaired) electrons. The van der Waals surface area contributed by atoms with Gasteiger partial charge in [0.2, 0.25) is 5.88 Å². The molecule has 1 atom stereocenters. The second kappa shape index (κ2) is 5.69. The number of aromatic nitrogens is 4. The lowest BCUT2D eigenvalue weighted by Gasteiger charge is -2.10. The Kier molecular flexibility index (Phi) is 3.75. The number of methoxy groups -OCH3 is 1. The van der Waals surface area contributed by atoms with Crippen LogP contribution in [0.25, 0.3) is 11.2 Å². The van der Waals surface area contributed by atoms with Crippen molar-refractivity contribution in [1.29, 1.82) is 0 Å². The van der Waals surface area contributed by atoms with Crippen molar-refractivity contribution >= 4 is 22.8 Å². The molecule has 0 fully saturated rings. The Morgan fingerprint density at radius 3 is 2.81 bits per heavy atom. The van der Waals surface area contributed by atoms with Gasteiger partial charge in [0.05, 0.1) is 19.0 Å². The topological polar surface area (TPSA) is 52.8 Å². The van der Waals surface area contributed by atoms with E-state index in [1.54, 1.807) is 19.5 Å². The zero-order valence-electron chi connectivity index (χ0n) is 11.8. The van der Waals surface area contributed by atoms with E-state index in [2.05, 4.69) is 15.0 Å². The zero-order valence-corrected chi connectivity index (χ0v) is 12.6. The fourth-order valence-corrected chi connectivity index (χ4v) is 2.41. The first-order valence-corrected chi connectivity index (χ1v) is 7.07. The molecule has 1 unspecified atom stereocenters. The molecule has 0 amide bonds. The number of alkyl halides is 1. The number of fused-ring (bicyclic) bond motifs is 1. The standard InChI is InChI=1S/C15H15ClN4O/c1-10(16)14-19-12-4-3-7-17-15(12)20(14)9-11-5-6-13(21-2)18-8-11/h3-8,10H,9H2,1-2H3. The summed E-state index contributed by atoms with van der Waals surface area (Å²) in [6.07, 6.45) is 3.55. The number of halogens is 1. The molecule has 108 valence electrons. The van der Waals surface area contributed by atoms with Crippen molar-refractivity contribution in [3.63, 3.8) is 0 Å². The maximum Gasteiger partial charge on any atom is 0.212 e. The van der Waals surface area contributed by atoms with Crippen LogP contribution in [0.3, 0.4) is 0 Å². The number of rotatable bonds is 4. The second-order valence-corrected chi connectivity index (χ2v) is 5.38. The van der Waals surface area contributed by atoms with E-state index < -0.39 is 0 Å². The van der Waals surface area contributed by atoms with Gasteiger partial charge in [0, 0.05) is 18.5 Å². The van der Waals surface area contributed by atoms with Crippen molar-refractivity contribution in [1.82, 2.24) is 19.5 Å². The highest BCUT2D eigenvalue weighted by Gasteiger charge is 2.15. The molecule has 3 aromatic heterocycles. The summed E-state index contributed by atoms with van der Waals surface area (Å²) in [7, 11) is 1.60. The van der Waals surface area contributed by atoms with Gasteiger partial charge < -0.3 is 9.30 Å². The van der Waals surface area contributed by atoms with Gasteiger partial charge in [0.25, 0.3) is 0 Å². The predicted octanol–water partition coefficient (Wildman–Crippen LogP) is 3.18. The lowest BCUT2D eigenvalue weighted by atomic mass is 10.2. The van der Waals surface area contributed by atoms with Crippen molar-refractivity contribution in [2.24, 2.45) is 0 Å². The van der Waals surface area contributed by atoms with Gasteiger partial charge in [-0.25, -0.2) is 15.0 Å². The Morgan fingerprint density at radius 1 is 1.29 bits per heavy atom. The van der Waals surface area contributed by atoms with E-state index in [9.17, 15) is 0 Å². The molecule has 3 aromatic rings. The van der Waals surface area contributed by atoms with Gasteiger partial charge in [-0.3, -0.25) is 0 Å². The maximum atomic E-state index is 6.25. The van der Waals surface area contributed by atoms with Gasteiger partial charge in [0.15, 0.2) is 5.65 Å². The third-order valence-corrected chi connectivity index (χ3v) is 3.43. The average molecular weight is 303 g/mol. The molecule has 0 bridgehead atoms. The first kappa shape index (κ1) is 13.8. The Labute approximate surface area is 127 Å². The number of nitrogens with zero attached hydrogens (tertiary/aromatic N) is 4. The van der Waals surface area contributed by atoms with Crippen LogP contribution in [0.2, 0.25) is 0 Å². The van der Waals surface area contributed by atoms with Crippen LogP contribution in [-0.2, 0) is 6.54 Å². The summed E-state index contributed by atoms with van der Waals surface area (Å²) in [5.74, 6) is 1.40. The van der Waals surface area contributed by atoms with E-state index in [4.69, 9.17) is 16.3 Å². The largest absolute Gasteiger partial charge is 0.481 e. The molecule has 0 saturated carbocycles. The second-order valence-electron chi connectivity index (χ2n) is 4.73. The highest BCUT2D eigenvalue weighted by atomic mass is 35.5. The molecule has 0 N–H and O–H groups in total. The van der Waals surface area contributed by atoms with Gasteiger partial charge in [-0.2, -0.15) is 0 Å². The van der Waals surface area contributed by atoms with Gasteiger partial charge in [-0.05, 0) is 24.6 Å². The van der Waals surface area contributed by atoms with Gasteiger partial charge in [-0.15, -0.1) is 11.6 Å². The molecule has 0 aliphatic carbocycles. The number of hydrogen-bond acceptors (Lipinski definition) is 4. The molecule has 0 spiro atoms. The highest BCUT2D eigenvalue weighted by Crippen LogP contribution is 2.24. The fraction of sp³-hybridized carbons (Fsp3) is 0.267. The quantitative estimate of drug-likeness (QED) is 0.695. The fourth-order valence-electron chi connectivity index (χ4n) is 2.24. The molecule has 0 saturated heterocycles. The summed E-state index contributed by atoms with van der Waals surface area (Å²) < 4.78 is 7.10. The molecular weight excluding hydrogens is 288 g/mol. The molecular formula is C15H15ClN4O.